The Kier molecular flexibility index (Phi) is 17.4. The lowest BCUT2D eigenvalue weighted by Gasteiger charge is -2.25. The van der Waals surface area contributed by atoms with Crippen molar-refractivity contribution < 1.29 is 56.3 Å². The molecule has 4 aromatic heterocycles. The number of carbonyl (C=O) groups is 2. The van der Waals surface area contributed by atoms with Crippen LogP contribution >= 0.6 is 23.2 Å². The summed E-state index contributed by atoms with van der Waals surface area (Å²) in [5.74, 6) is 1.19. The standard InChI is InChI=1S/2C28H28ClFN4O5/c1-4-38-25(35)15-24-31-16-33(32-24)12-10-22-21-8-6-11-34(21)26-19(13-17(29)14-20(26)30)27(39-22)18-7-5-9-23(36-2)28(18)37-3;1-4-38-25(35)15-24-31-16-32-34(24)12-10-22-21-8-6-11-33(21)26-19(13-17(29)14-20(26)30)27(39-22)18-7-5-9-23(36-2)28(18)37-3/h2*5-9,11,13-14,16,22,27H,4,10,12,15H2,1-3H3/t2*22-,27-/m11/s1. The molecule has 10 rings (SSSR count). The zero-order valence-electron chi connectivity index (χ0n) is 43.5. The minimum Gasteiger partial charge on any atom is -0.493 e. The largest absolute Gasteiger partial charge is 0.493 e. The van der Waals surface area contributed by atoms with Gasteiger partial charge in [0.1, 0.15) is 67.4 Å². The fraction of sp³-hybridized carbons (Fsp3) is 0.321. The molecule has 0 aliphatic carbocycles. The highest BCUT2D eigenvalue weighted by atomic mass is 35.5. The number of nitrogens with zero attached hydrogens (tertiary/aromatic N) is 8. The van der Waals surface area contributed by atoms with Gasteiger partial charge in [0.15, 0.2) is 28.8 Å². The number of fused-ring (bicyclic) bond motifs is 6. The summed E-state index contributed by atoms with van der Waals surface area (Å²) in [6, 6.07) is 24.5. The van der Waals surface area contributed by atoms with Crippen LogP contribution in [0.4, 0.5) is 8.78 Å². The summed E-state index contributed by atoms with van der Waals surface area (Å²) in [6.45, 7) is 4.92. The summed E-state index contributed by atoms with van der Waals surface area (Å²) in [4.78, 5) is 32.3. The summed E-state index contributed by atoms with van der Waals surface area (Å²) in [7, 11) is 6.22. The number of methoxy groups -OCH3 is 4. The summed E-state index contributed by atoms with van der Waals surface area (Å²) in [6.07, 6.45) is 5.10. The van der Waals surface area contributed by atoms with Crippen molar-refractivity contribution in [2.75, 3.05) is 41.7 Å². The zero-order valence-corrected chi connectivity index (χ0v) is 45.0. The molecule has 78 heavy (non-hydrogen) atoms. The van der Waals surface area contributed by atoms with Crippen molar-refractivity contribution in [2.45, 2.75) is 77.0 Å². The Labute approximate surface area is 458 Å². The van der Waals surface area contributed by atoms with Gasteiger partial charge in [0.05, 0.1) is 64.4 Å². The van der Waals surface area contributed by atoms with Crippen LogP contribution in [0.25, 0.3) is 11.4 Å². The van der Waals surface area contributed by atoms with Gasteiger partial charge in [0.2, 0.25) is 0 Å². The second-order valence-electron chi connectivity index (χ2n) is 17.8. The van der Waals surface area contributed by atoms with Gasteiger partial charge in [-0.15, -0.1) is 0 Å². The van der Waals surface area contributed by atoms with Crippen molar-refractivity contribution in [3.05, 3.63) is 177 Å². The molecule has 0 N–H and O–H groups in total. The van der Waals surface area contributed by atoms with E-state index >= 15 is 8.78 Å². The Hall–Kier alpha value is -7.78. The molecule has 0 fully saturated rings. The summed E-state index contributed by atoms with van der Waals surface area (Å²) >= 11 is 12.7. The molecular weight excluding hydrogens is 1050 g/mol. The van der Waals surface area contributed by atoms with E-state index in [0.29, 0.717) is 101 Å². The third-order valence-electron chi connectivity index (χ3n) is 13.1. The van der Waals surface area contributed by atoms with Gasteiger partial charge in [-0.3, -0.25) is 14.3 Å². The lowest BCUT2D eigenvalue weighted by atomic mass is 9.98. The quantitative estimate of drug-likeness (QED) is 0.0741. The van der Waals surface area contributed by atoms with Crippen molar-refractivity contribution in [3.63, 3.8) is 0 Å². The highest BCUT2D eigenvalue weighted by Gasteiger charge is 2.37. The van der Waals surface area contributed by atoms with Crippen molar-refractivity contribution in [1.29, 1.82) is 0 Å². The van der Waals surface area contributed by atoms with E-state index in [1.165, 1.54) is 18.5 Å². The average Bonchev–Trinajstić information content (AvgIpc) is 4.45. The molecule has 0 unspecified atom stereocenters. The molecule has 0 amide bonds. The Morgan fingerprint density at radius 2 is 1.14 bits per heavy atom. The van der Waals surface area contributed by atoms with E-state index in [0.717, 1.165) is 11.4 Å². The molecule has 0 saturated carbocycles. The maximum atomic E-state index is 15.6. The van der Waals surface area contributed by atoms with Crippen LogP contribution < -0.4 is 18.9 Å². The van der Waals surface area contributed by atoms with E-state index in [1.54, 1.807) is 104 Å². The second-order valence-corrected chi connectivity index (χ2v) is 18.7. The first-order chi connectivity index (χ1) is 37.9. The van der Waals surface area contributed by atoms with E-state index in [4.69, 9.17) is 61.1 Å². The van der Waals surface area contributed by atoms with Crippen LogP contribution in [0.5, 0.6) is 23.0 Å². The van der Waals surface area contributed by atoms with Crippen molar-refractivity contribution in [2.24, 2.45) is 0 Å². The molecular formula is C56H56Cl2F2N8O10. The highest BCUT2D eigenvalue weighted by molar-refractivity contribution is 6.31. The fourth-order valence-corrected chi connectivity index (χ4v) is 10.3. The Balaban J connectivity index is 0.000000190. The third kappa shape index (κ3) is 11.6. The Morgan fingerprint density at radius 3 is 1.64 bits per heavy atom. The molecule has 0 bridgehead atoms. The van der Waals surface area contributed by atoms with Gasteiger partial charge < -0.3 is 47.0 Å². The van der Waals surface area contributed by atoms with Gasteiger partial charge in [0.25, 0.3) is 0 Å². The molecule has 8 aromatic rings. The van der Waals surface area contributed by atoms with E-state index < -0.39 is 36.1 Å². The fourth-order valence-electron chi connectivity index (χ4n) is 9.87. The van der Waals surface area contributed by atoms with E-state index in [1.807, 2.05) is 48.5 Å². The third-order valence-corrected chi connectivity index (χ3v) is 13.6. The molecule has 0 saturated heterocycles. The molecule has 0 spiro atoms. The van der Waals surface area contributed by atoms with Gasteiger partial charge in [-0.2, -0.15) is 10.2 Å². The zero-order chi connectivity index (χ0) is 55.0. The van der Waals surface area contributed by atoms with Gasteiger partial charge >= 0.3 is 11.9 Å². The maximum Gasteiger partial charge on any atom is 0.313 e. The van der Waals surface area contributed by atoms with Gasteiger partial charge in [-0.05, 0) is 87.4 Å². The number of aryl methyl sites for hydroxylation is 2. The SMILES string of the molecule is CCOC(=O)Cc1ncn(CC[C@H]2O[C@H](c3cccc(OC)c3OC)c3cc(Cl)cc(F)c3-n3cccc32)n1.CCOC(=O)Cc1ncnn1CC[C@H]1O[C@H](c2cccc(OC)c2OC)c2cc(Cl)cc(F)c2-n2cccc21. The summed E-state index contributed by atoms with van der Waals surface area (Å²) in [5, 5.41) is 9.20. The minimum atomic E-state index is -0.738. The van der Waals surface area contributed by atoms with Crippen LogP contribution in [0, 0.1) is 11.6 Å². The molecule has 22 heteroatoms. The number of carbonyl (C=O) groups excluding carboxylic acids is 2. The van der Waals surface area contributed by atoms with Gasteiger partial charge in [-0.1, -0.05) is 47.5 Å². The predicted octanol–water partition coefficient (Wildman–Crippen LogP) is 10.5. The van der Waals surface area contributed by atoms with Crippen LogP contribution in [-0.4, -0.2) is 92.3 Å². The van der Waals surface area contributed by atoms with Crippen molar-refractivity contribution in [1.82, 2.24) is 38.7 Å². The molecule has 4 atom stereocenters. The number of esters is 2. The molecule has 2 aliphatic heterocycles. The lowest BCUT2D eigenvalue weighted by molar-refractivity contribution is -0.143. The molecule has 6 heterocycles. The minimum absolute atomic E-state index is 0.00330. The molecule has 4 aromatic carbocycles. The first-order valence-electron chi connectivity index (χ1n) is 25.0. The first kappa shape index (κ1) is 55.0. The normalized spacial score (nSPS) is 16.2. The number of ether oxygens (including phenoxy) is 8. The topological polar surface area (TPSA) is 179 Å². The Morgan fingerprint density at radius 1 is 0.628 bits per heavy atom. The summed E-state index contributed by atoms with van der Waals surface area (Å²) < 4.78 is 84.1. The van der Waals surface area contributed by atoms with Crippen LogP contribution in [0.2, 0.25) is 10.0 Å². The first-order valence-corrected chi connectivity index (χ1v) is 25.8. The predicted molar refractivity (Wildman–Crippen MR) is 282 cm³/mol. The number of rotatable bonds is 18. The van der Waals surface area contributed by atoms with Crippen LogP contribution in [0.15, 0.2) is 110 Å². The second kappa shape index (κ2) is 24.7. The number of para-hydroxylation sites is 2. The van der Waals surface area contributed by atoms with Gasteiger partial charge in [-0.25, -0.2) is 23.4 Å². The highest BCUT2D eigenvalue weighted by Crippen LogP contribution is 2.49. The molecule has 0 radical (unpaired) electrons. The number of hydrogen-bond acceptors (Lipinski definition) is 14. The average molecular weight is 1110 g/mol. The van der Waals surface area contributed by atoms with Crippen LogP contribution in [-0.2, 0) is 54.5 Å². The van der Waals surface area contributed by atoms with Crippen molar-refractivity contribution >= 4 is 35.1 Å². The van der Waals surface area contributed by atoms with E-state index in [2.05, 4.69) is 20.2 Å². The number of benzene rings is 4. The van der Waals surface area contributed by atoms with E-state index in [9.17, 15) is 9.59 Å². The Bertz CT molecular complexity index is 3420. The van der Waals surface area contributed by atoms with Crippen LogP contribution in [0.1, 0.15) is 96.4 Å². The number of hydrogen-bond donors (Lipinski definition) is 0. The number of halogens is 4. The molecule has 408 valence electrons. The summed E-state index contributed by atoms with van der Waals surface area (Å²) in [5.41, 5.74) is 4.68. The smallest absolute Gasteiger partial charge is 0.313 e. The number of aromatic nitrogens is 8. The van der Waals surface area contributed by atoms with Crippen LogP contribution in [0.3, 0.4) is 0 Å². The monoisotopic (exact) mass is 1110 g/mol. The van der Waals surface area contributed by atoms with Crippen molar-refractivity contribution in [3.8, 4) is 34.4 Å². The molecule has 18 nitrogen and oxygen atoms in total. The van der Waals surface area contributed by atoms with Gasteiger partial charge in [0, 0.05) is 57.8 Å². The molecule has 2 aliphatic rings. The van der Waals surface area contributed by atoms with E-state index in [-0.39, 0.29) is 41.4 Å². The maximum absolute atomic E-state index is 15.6. The lowest BCUT2D eigenvalue weighted by Crippen LogP contribution is -2.17.